The van der Waals surface area contributed by atoms with Crippen LogP contribution < -0.4 is 20.9 Å². The van der Waals surface area contributed by atoms with Crippen molar-refractivity contribution in [1.29, 1.82) is 0 Å². The summed E-state index contributed by atoms with van der Waals surface area (Å²) in [6.07, 6.45) is 1.33. The predicted molar refractivity (Wildman–Crippen MR) is 118 cm³/mol. The van der Waals surface area contributed by atoms with Crippen LogP contribution in [0.25, 0.3) is 0 Å². The van der Waals surface area contributed by atoms with E-state index in [2.05, 4.69) is 43.7 Å². The first-order valence-electron chi connectivity index (χ1n) is 9.95. The summed E-state index contributed by atoms with van der Waals surface area (Å²) in [5.41, 5.74) is -0.383. The molecule has 2 heterocycles. The number of hydrogen-bond donors (Lipinski definition) is 3. The molecule has 2 rings (SSSR count). The Morgan fingerprint density at radius 2 is 1.88 bits per heavy atom. The molecule has 0 atom stereocenters. The molecule has 3 amide bonds. The molecule has 0 spiro atoms. The zero-order chi connectivity index (χ0) is 23.7. The van der Waals surface area contributed by atoms with Crippen LogP contribution in [-0.4, -0.2) is 62.2 Å². The van der Waals surface area contributed by atoms with Crippen LogP contribution in [0.2, 0.25) is 0 Å². The number of rotatable bonds is 9. The molecule has 1 aliphatic heterocycles. The van der Waals surface area contributed by atoms with Crippen molar-refractivity contribution >= 4 is 40.3 Å². The summed E-state index contributed by atoms with van der Waals surface area (Å²) in [6, 6.07) is 0. The van der Waals surface area contributed by atoms with E-state index in [9.17, 15) is 19.2 Å². The number of aromatic nitrogens is 1. The van der Waals surface area contributed by atoms with Gasteiger partial charge in [0.15, 0.2) is 5.13 Å². The molecule has 0 unspecified atom stereocenters. The normalized spacial score (nSPS) is 13.6. The van der Waals surface area contributed by atoms with E-state index >= 15 is 0 Å². The fourth-order valence-corrected chi connectivity index (χ4v) is 3.76. The lowest BCUT2D eigenvalue weighted by atomic mass is 9.97. The zero-order valence-electron chi connectivity index (χ0n) is 18.1. The average Bonchev–Trinajstić information content (AvgIpc) is 3.28. The van der Waals surface area contributed by atoms with Gasteiger partial charge in [-0.1, -0.05) is 13.2 Å². The van der Waals surface area contributed by atoms with Crippen molar-refractivity contribution in [3.63, 3.8) is 0 Å². The standard InChI is InChI=1S/C20H27N5O6S/c1-5-31-20(29)21-10-14-6-8-25(9-7-14)19-24-15(11-32-19)17(27)22-12(2)16(26)23-13(3)18(28)30-4/h11,14H,2-3,5-10H2,1,4H3,(H,21,29)(H,22,27)(H,23,26). The first-order chi connectivity index (χ1) is 15.2. The molecule has 174 valence electrons. The molecule has 0 radical (unpaired) electrons. The topological polar surface area (TPSA) is 139 Å². The van der Waals surface area contributed by atoms with Gasteiger partial charge < -0.3 is 30.3 Å². The summed E-state index contributed by atoms with van der Waals surface area (Å²) in [5, 5.41) is 9.59. The van der Waals surface area contributed by atoms with Crippen LogP contribution in [0.15, 0.2) is 29.9 Å². The van der Waals surface area contributed by atoms with Gasteiger partial charge in [0, 0.05) is 25.0 Å². The fraction of sp³-hybridized carbons (Fsp3) is 0.450. The molecule has 11 nitrogen and oxygen atoms in total. The third kappa shape index (κ3) is 7.08. The lowest BCUT2D eigenvalue weighted by Gasteiger charge is -2.31. The SMILES string of the molecule is C=C(NC(=O)c1csc(N2CCC(CNC(=O)OCC)CC2)n1)C(=O)NC(=C)C(=O)OC. The second-order valence-corrected chi connectivity index (χ2v) is 7.74. The Balaban J connectivity index is 1.82. The van der Waals surface area contributed by atoms with Crippen molar-refractivity contribution in [3.8, 4) is 0 Å². The molecule has 1 saturated heterocycles. The molecule has 1 aromatic rings. The minimum atomic E-state index is -0.804. The number of nitrogens with zero attached hydrogens (tertiary/aromatic N) is 2. The van der Waals surface area contributed by atoms with Crippen LogP contribution in [-0.2, 0) is 19.1 Å². The first-order valence-corrected chi connectivity index (χ1v) is 10.8. The van der Waals surface area contributed by atoms with E-state index in [0.29, 0.717) is 24.2 Å². The molecule has 3 N–H and O–H groups in total. The van der Waals surface area contributed by atoms with Gasteiger partial charge in [-0.25, -0.2) is 14.6 Å². The quantitative estimate of drug-likeness (QED) is 0.365. The van der Waals surface area contributed by atoms with Crippen LogP contribution in [0.1, 0.15) is 30.3 Å². The zero-order valence-corrected chi connectivity index (χ0v) is 18.9. The summed E-state index contributed by atoms with van der Waals surface area (Å²) in [6.45, 7) is 11.0. The number of amides is 3. The van der Waals surface area contributed by atoms with E-state index in [-0.39, 0.29) is 17.1 Å². The van der Waals surface area contributed by atoms with Crippen molar-refractivity contribution < 1.29 is 28.7 Å². The Kier molecular flexibility index (Phi) is 9.20. The maximum absolute atomic E-state index is 12.4. The maximum Gasteiger partial charge on any atom is 0.407 e. The Bertz CT molecular complexity index is 891. The largest absolute Gasteiger partial charge is 0.464 e. The summed E-state index contributed by atoms with van der Waals surface area (Å²) < 4.78 is 9.30. The summed E-state index contributed by atoms with van der Waals surface area (Å²) in [7, 11) is 1.15. The number of hydrogen-bond acceptors (Lipinski definition) is 9. The number of esters is 1. The lowest BCUT2D eigenvalue weighted by molar-refractivity contribution is -0.137. The maximum atomic E-state index is 12.4. The van der Waals surface area contributed by atoms with E-state index in [1.54, 1.807) is 12.3 Å². The highest BCUT2D eigenvalue weighted by Gasteiger charge is 2.23. The minimum Gasteiger partial charge on any atom is -0.464 e. The van der Waals surface area contributed by atoms with Crippen molar-refractivity contribution in [3.05, 3.63) is 35.6 Å². The van der Waals surface area contributed by atoms with Gasteiger partial charge in [-0.05, 0) is 25.7 Å². The highest BCUT2D eigenvalue weighted by Crippen LogP contribution is 2.26. The Morgan fingerprint density at radius 3 is 2.50 bits per heavy atom. The lowest BCUT2D eigenvalue weighted by Crippen LogP contribution is -2.39. The third-order valence-corrected chi connectivity index (χ3v) is 5.56. The number of carbonyl (C=O) groups excluding carboxylic acids is 4. The molecule has 0 bridgehead atoms. The minimum absolute atomic E-state index is 0.150. The third-order valence-electron chi connectivity index (χ3n) is 4.65. The summed E-state index contributed by atoms with van der Waals surface area (Å²) >= 11 is 1.32. The number of alkyl carbamates (subject to hydrolysis) is 1. The Morgan fingerprint density at radius 1 is 1.19 bits per heavy atom. The molecule has 0 saturated carbocycles. The Labute approximate surface area is 189 Å². The molecular formula is C20H27N5O6S. The van der Waals surface area contributed by atoms with E-state index < -0.39 is 23.9 Å². The second-order valence-electron chi connectivity index (χ2n) is 6.90. The van der Waals surface area contributed by atoms with Crippen molar-refractivity contribution in [1.82, 2.24) is 20.9 Å². The molecule has 32 heavy (non-hydrogen) atoms. The van der Waals surface area contributed by atoms with Crippen molar-refractivity contribution in [2.75, 3.05) is 38.3 Å². The van der Waals surface area contributed by atoms with Gasteiger partial charge >= 0.3 is 12.1 Å². The van der Waals surface area contributed by atoms with Crippen molar-refractivity contribution in [2.45, 2.75) is 19.8 Å². The highest BCUT2D eigenvalue weighted by molar-refractivity contribution is 7.13. The molecule has 0 aromatic carbocycles. The summed E-state index contributed by atoms with van der Waals surface area (Å²) in [5.74, 6) is -1.84. The monoisotopic (exact) mass is 465 g/mol. The van der Waals surface area contributed by atoms with Crippen molar-refractivity contribution in [2.24, 2.45) is 5.92 Å². The summed E-state index contributed by atoms with van der Waals surface area (Å²) in [4.78, 5) is 53.5. The van der Waals surface area contributed by atoms with Crippen LogP contribution in [0.4, 0.5) is 9.93 Å². The van der Waals surface area contributed by atoms with Gasteiger partial charge in [0.25, 0.3) is 11.8 Å². The number of thiazole rings is 1. The van der Waals surface area contributed by atoms with E-state index in [1.807, 2.05) is 0 Å². The van der Waals surface area contributed by atoms with Gasteiger partial charge in [0.1, 0.15) is 11.4 Å². The van der Waals surface area contributed by atoms with Gasteiger partial charge in [0.05, 0.1) is 19.4 Å². The molecular weight excluding hydrogens is 438 g/mol. The highest BCUT2D eigenvalue weighted by atomic mass is 32.1. The first kappa shape index (κ1) is 24.9. The molecule has 1 fully saturated rings. The number of methoxy groups -OCH3 is 1. The molecule has 1 aliphatic rings. The van der Waals surface area contributed by atoms with Crippen LogP contribution >= 0.6 is 11.3 Å². The average molecular weight is 466 g/mol. The number of ether oxygens (including phenoxy) is 2. The number of piperidine rings is 1. The molecule has 1 aromatic heterocycles. The smallest absolute Gasteiger partial charge is 0.407 e. The Hall–Kier alpha value is -3.41. The number of anilines is 1. The predicted octanol–water partition coefficient (Wildman–Crippen LogP) is 1.15. The van der Waals surface area contributed by atoms with Gasteiger partial charge in [-0.2, -0.15) is 0 Å². The van der Waals surface area contributed by atoms with Gasteiger partial charge in [0.2, 0.25) is 0 Å². The van der Waals surface area contributed by atoms with Crippen LogP contribution in [0, 0.1) is 5.92 Å². The van der Waals surface area contributed by atoms with Gasteiger partial charge in [-0.3, -0.25) is 9.59 Å². The molecule has 12 heteroatoms. The number of carbonyl (C=O) groups is 4. The van der Waals surface area contributed by atoms with E-state index in [0.717, 1.165) is 33.0 Å². The van der Waals surface area contributed by atoms with E-state index in [4.69, 9.17) is 4.74 Å². The molecule has 0 aliphatic carbocycles. The van der Waals surface area contributed by atoms with Crippen LogP contribution in [0.5, 0.6) is 0 Å². The van der Waals surface area contributed by atoms with Gasteiger partial charge in [-0.15, -0.1) is 11.3 Å². The number of nitrogens with one attached hydrogen (secondary N) is 3. The van der Waals surface area contributed by atoms with Crippen LogP contribution in [0.3, 0.4) is 0 Å². The van der Waals surface area contributed by atoms with E-state index in [1.165, 1.54) is 11.3 Å². The second kappa shape index (κ2) is 11.8. The fourth-order valence-electron chi connectivity index (χ4n) is 2.90.